The second-order valence-electron chi connectivity index (χ2n) is 4.42. The molecule has 1 heterocycles. The smallest absolute Gasteiger partial charge is 0.355 e. The Labute approximate surface area is 117 Å². The number of aromatic nitrogens is 1. The van der Waals surface area contributed by atoms with Crippen LogP contribution in [0.25, 0.3) is 0 Å². The first-order valence-electron chi connectivity index (χ1n) is 6.43. The lowest BCUT2D eigenvalue weighted by atomic mass is 10.3. The maximum Gasteiger partial charge on any atom is 0.355 e. The number of aryl methyl sites for hydroxylation is 1. The van der Waals surface area contributed by atoms with Gasteiger partial charge in [0.2, 0.25) is 0 Å². The molecule has 5 nitrogen and oxygen atoms in total. The number of nitrogens with two attached hydrogens (primary N) is 1. The van der Waals surface area contributed by atoms with Crippen LogP contribution in [-0.4, -0.2) is 23.8 Å². The monoisotopic (exact) mass is 274 g/mol. The number of hydrogen-bond acceptors (Lipinski definition) is 4. The van der Waals surface area contributed by atoms with E-state index < -0.39 is 0 Å². The second kappa shape index (κ2) is 6.65. The van der Waals surface area contributed by atoms with Crippen molar-refractivity contribution in [1.82, 2.24) is 4.57 Å². The molecule has 0 aliphatic heterocycles. The summed E-state index contributed by atoms with van der Waals surface area (Å²) in [7, 11) is 1.76. The highest BCUT2D eigenvalue weighted by Crippen LogP contribution is 2.11. The molecule has 0 fully saturated rings. The number of carbonyl (C=O) groups excluding carboxylic acids is 1. The summed E-state index contributed by atoms with van der Waals surface area (Å²) in [6.45, 7) is 0.823. The molecule has 5 heteroatoms. The van der Waals surface area contributed by atoms with Gasteiger partial charge in [-0.1, -0.05) is 18.2 Å². The van der Waals surface area contributed by atoms with Crippen LogP contribution in [0.15, 0.2) is 42.6 Å². The summed E-state index contributed by atoms with van der Waals surface area (Å²) < 4.78 is 12.3. The third-order valence-electron chi connectivity index (χ3n) is 2.77. The quantitative estimate of drug-likeness (QED) is 0.648. The predicted octanol–water partition coefficient (Wildman–Crippen LogP) is 2.23. The Morgan fingerprint density at radius 2 is 2.00 bits per heavy atom. The lowest BCUT2D eigenvalue weighted by Crippen LogP contribution is -2.12. The lowest BCUT2D eigenvalue weighted by Gasteiger charge is -2.07. The van der Waals surface area contributed by atoms with Crippen molar-refractivity contribution in [3.63, 3.8) is 0 Å². The van der Waals surface area contributed by atoms with E-state index in [9.17, 15) is 4.79 Å². The van der Waals surface area contributed by atoms with E-state index in [4.69, 9.17) is 15.2 Å². The normalized spacial score (nSPS) is 10.2. The first-order chi connectivity index (χ1) is 9.66. The summed E-state index contributed by atoms with van der Waals surface area (Å²) in [5.41, 5.74) is 6.61. The van der Waals surface area contributed by atoms with Crippen molar-refractivity contribution in [1.29, 1.82) is 0 Å². The van der Waals surface area contributed by atoms with E-state index in [1.54, 1.807) is 23.9 Å². The fourth-order valence-electron chi connectivity index (χ4n) is 1.80. The van der Waals surface area contributed by atoms with Crippen LogP contribution in [0.4, 0.5) is 5.69 Å². The van der Waals surface area contributed by atoms with E-state index in [1.807, 2.05) is 30.3 Å². The van der Waals surface area contributed by atoms with Crippen molar-refractivity contribution in [2.24, 2.45) is 7.05 Å². The van der Waals surface area contributed by atoms with Crippen molar-refractivity contribution in [3.8, 4) is 5.75 Å². The van der Waals surface area contributed by atoms with Crippen LogP contribution < -0.4 is 10.5 Å². The van der Waals surface area contributed by atoms with Gasteiger partial charge in [-0.15, -0.1) is 0 Å². The van der Waals surface area contributed by atoms with Gasteiger partial charge in [0.25, 0.3) is 0 Å². The van der Waals surface area contributed by atoms with Crippen molar-refractivity contribution in [2.45, 2.75) is 6.42 Å². The molecule has 2 aromatic rings. The summed E-state index contributed by atoms with van der Waals surface area (Å²) in [4.78, 5) is 11.8. The van der Waals surface area contributed by atoms with Crippen LogP contribution in [0, 0.1) is 0 Å². The SMILES string of the molecule is Cn1cc(N)cc1C(=O)OCCCOc1ccccc1. The number of esters is 1. The van der Waals surface area contributed by atoms with Crippen LogP contribution in [-0.2, 0) is 11.8 Å². The molecule has 106 valence electrons. The van der Waals surface area contributed by atoms with Gasteiger partial charge in [0.15, 0.2) is 0 Å². The molecule has 0 spiro atoms. The first-order valence-corrected chi connectivity index (χ1v) is 6.43. The molecule has 0 radical (unpaired) electrons. The molecule has 20 heavy (non-hydrogen) atoms. The molecule has 1 aromatic heterocycles. The van der Waals surface area contributed by atoms with E-state index in [2.05, 4.69) is 0 Å². The van der Waals surface area contributed by atoms with Crippen LogP contribution in [0.2, 0.25) is 0 Å². The van der Waals surface area contributed by atoms with Gasteiger partial charge in [-0.3, -0.25) is 0 Å². The van der Waals surface area contributed by atoms with Gasteiger partial charge in [-0.05, 0) is 18.2 Å². The van der Waals surface area contributed by atoms with Crippen molar-refractivity contribution >= 4 is 11.7 Å². The highest BCUT2D eigenvalue weighted by atomic mass is 16.5. The number of benzene rings is 1. The fourth-order valence-corrected chi connectivity index (χ4v) is 1.80. The zero-order valence-electron chi connectivity index (χ0n) is 11.4. The average molecular weight is 274 g/mol. The van der Waals surface area contributed by atoms with Crippen LogP contribution >= 0.6 is 0 Å². The Bertz CT molecular complexity index is 564. The highest BCUT2D eigenvalue weighted by molar-refractivity contribution is 5.89. The third kappa shape index (κ3) is 3.78. The zero-order chi connectivity index (χ0) is 14.4. The number of para-hydroxylation sites is 1. The van der Waals surface area contributed by atoms with Crippen LogP contribution in [0.3, 0.4) is 0 Å². The summed E-state index contributed by atoms with van der Waals surface area (Å²) >= 11 is 0. The number of ether oxygens (including phenoxy) is 2. The average Bonchev–Trinajstić information content (AvgIpc) is 2.78. The molecule has 0 saturated carbocycles. The largest absolute Gasteiger partial charge is 0.493 e. The number of carbonyl (C=O) groups is 1. The Balaban J connectivity index is 1.68. The van der Waals surface area contributed by atoms with Crippen molar-refractivity contribution in [2.75, 3.05) is 18.9 Å². The van der Waals surface area contributed by atoms with Gasteiger partial charge >= 0.3 is 5.97 Å². The Hall–Kier alpha value is -2.43. The fraction of sp³-hybridized carbons (Fsp3) is 0.267. The minimum Gasteiger partial charge on any atom is -0.493 e. The number of nitrogen functional groups attached to an aromatic ring is 1. The summed E-state index contributed by atoms with van der Waals surface area (Å²) in [6.07, 6.45) is 2.32. The zero-order valence-corrected chi connectivity index (χ0v) is 11.4. The molecular weight excluding hydrogens is 256 g/mol. The Kier molecular flexibility index (Phi) is 4.65. The molecule has 1 aromatic carbocycles. The standard InChI is InChI=1S/C15H18N2O3/c1-17-11-12(16)10-14(17)15(18)20-9-5-8-19-13-6-3-2-4-7-13/h2-4,6-7,10-11H,5,8-9,16H2,1H3. The number of anilines is 1. The Morgan fingerprint density at radius 3 is 2.65 bits per heavy atom. The third-order valence-corrected chi connectivity index (χ3v) is 2.77. The van der Waals surface area contributed by atoms with Crippen LogP contribution in [0.5, 0.6) is 5.75 Å². The van der Waals surface area contributed by atoms with Crippen molar-refractivity contribution in [3.05, 3.63) is 48.3 Å². The molecule has 0 amide bonds. The first kappa shape index (κ1) is 14.0. The summed E-state index contributed by atoms with van der Waals surface area (Å²) in [5.74, 6) is 0.443. The minimum absolute atomic E-state index is 0.316. The van der Waals surface area contributed by atoms with Gasteiger partial charge in [-0.25, -0.2) is 4.79 Å². The van der Waals surface area contributed by atoms with E-state index in [0.29, 0.717) is 31.0 Å². The molecule has 0 aliphatic carbocycles. The second-order valence-corrected chi connectivity index (χ2v) is 4.42. The van der Waals surface area contributed by atoms with Gasteiger partial charge in [0, 0.05) is 19.7 Å². The van der Waals surface area contributed by atoms with E-state index in [1.165, 1.54) is 0 Å². The van der Waals surface area contributed by atoms with Gasteiger partial charge < -0.3 is 19.8 Å². The maximum absolute atomic E-state index is 11.8. The highest BCUT2D eigenvalue weighted by Gasteiger charge is 2.11. The molecule has 2 rings (SSSR count). The molecular formula is C15H18N2O3. The molecule has 0 aliphatic rings. The van der Waals surface area contributed by atoms with E-state index >= 15 is 0 Å². The molecule has 0 bridgehead atoms. The molecule has 0 unspecified atom stereocenters. The predicted molar refractivity (Wildman–Crippen MR) is 76.7 cm³/mol. The summed E-state index contributed by atoms with van der Waals surface area (Å²) in [6, 6.07) is 11.1. The van der Waals surface area contributed by atoms with Crippen molar-refractivity contribution < 1.29 is 14.3 Å². The topological polar surface area (TPSA) is 66.5 Å². The number of hydrogen-bond donors (Lipinski definition) is 1. The van der Waals surface area contributed by atoms with Gasteiger partial charge in [0.1, 0.15) is 11.4 Å². The molecule has 0 atom stereocenters. The minimum atomic E-state index is -0.371. The van der Waals surface area contributed by atoms with Gasteiger partial charge in [-0.2, -0.15) is 0 Å². The maximum atomic E-state index is 11.8. The lowest BCUT2D eigenvalue weighted by molar-refractivity contribution is 0.0475. The Morgan fingerprint density at radius 1 is 1.25 bits per heavy atom. The number of nitrogens with zero attached hydrogens (tertiary/aromatic N) is 1. The molecule has 2 N–H and O–H groups in total. The summed E-state index contributed by atoms with van der Waals surface area (Å²) in [5, 5.41) is 0. The van der Waals surface area contributed by atoms with Crippen LogP contribution in [0.1, 0.15) is 16.9 Å². The van der Waals surface area contributed by atoms with E-state index in [-0.39, 0.29) is 5.97 Å². The number of rotatable bonds is 6. The van der Waals surface area contributed by atoms with Gasteiger partial charge in [0.05, 0.1) is 18.9 Å². The van der Waals surface area contributed by atoms with E-state index in [0.717, 1.165) is 5.75 Å². The molecule has 0 saturated heterocycles.